The fourth-order valence-electron chi connectivity index (χ4n) is 3.21. The number of amides is 2. The van der Waals surface area contributed by atoms with E-state index in [0.717, 1.165) is 18.4 Å². The van der Waals surface area contributed by atoms with E-state index in [0.29, 0.717) is 22.3 Å². The SMILES string of the molecule is O=C(N[C@H](c1ccccc1)C1CCN(C(=O)O)CC1)c1ccc(Cl)s1. The quantitative estimate of drug-likeness (QED) is 0.834. The van der Waals surface area contributed by atoms with Gasteiger partial charge in [-0.25, -0.2) is 4.79 Å². The number of nitrogens with zero attached hydrogens (tertiary/aromatic N) is 1. The summed E-state index contributed by atoms with van der Waals surface area (Å²) in [5, 5.41) is 12.2. The second kappa shape index (κ2) is 7.89. The predicted molar refractivity (Wildman–Crippen MR) is 98.3 cm³/mol. The van der Waals surface area contributed by atoms with Gasteiger partial charge in [-0.2, -0.15) is 0 Å². The number of piperidine rings is 1. The van der Waals surface area contributed by atoms with E-state index in [1.165, 1.54) is 16.2 Å². The lowest BCUT2D eigenvalue weighted by molar-refractivity contribution is 0.0883. The summed E-state index contributed by atoms with van der Waals surface area (Å²) in [5.41, 5.74) is 1.03. The van der Waals surface area contributed by atoms with E-state index in [4.69, 9.17) is 16.7 Å². The molecule has 7 heteroatoms. The van der Waals surface area contributed by atoms with Gasteiger partial charge in [0, 0.05) is 13.1 Å². The summed E-state index contributed by atoms with van der Waals surface area (Å²) < 4.78 is 0.580. The van der Waals surface area contributed by atoms with Crippen LogP contribution in [0.2, 0.25) is 4.34 Å². The molecule has 1 aromatic heterocycles. The lowest BCUT2D eigenvalue weighted by Crippen LogP contribution is -2.42. The van der Waals surface area contributed by atoms with Crippen molar-refractivity contribution in [3.63, 3.8) is 0 Å². The summed E-state index contributed by atoms with van der Waals surface area (Å²) >= 11 is 7.18. The zero-order chi connectivity index (χ0) is 17.8. The fourth-order valence-corrected chi connectivity index (χ4v) is 4.15. The predicted octanol–water partition coefficient (Wildman–Crippen LogP) is 4.26. The van der Waals surface area contributed by atoms with E-state index in [1.54, 1.807) is 12.1 Å². The molecule has 1 aliphatic heterocycles. The zero-order valence-corrected chi connectivity index (χ0v) is 15.1. The van der Waals surface area contributed by atoms with Gasteiger partial charge in [-0.15, -0.1) is 11.3 Å². The first-order chi connectivity index (χ1) is 12.0. The highest BCUT2D eigenvalue weighted by atomic mass is 35.5. The number of likely N-dealkylation sites (tertiary alicyclic amines) is 1. The van der Waals surface area contributed by atoms with E-state index in [-0.39, 0.29) is 17.9 Å². The molecule has 1 fully saturated rings. The largest absolute Gasteiger partial charge is 0.465 e. The minimum atomic E-state index is -0.882. The maximum absolute atomic E-state index is 12.6. The van der Waals surface area contributed by atoms with Crippen LogP contribution < -0.4 is 5.32 Å². The van der Waals surface area contributed by atoms with Crippen molar-refractivity contribution in [2.75, 3.05) is 13.1 Å². The molecule has 25 heavy (non-hydrogen) atoms. The van der Waals surface area contributed by atoms with Gasteiger partial charge in [-0.1, -0.05) is 41.9 Å². The van der Waals surface area contributed by atoms with Crippen molar-refractivity contribution in [3.05, 3.63) is 57.2 Å². The van der Waals surface area contributed by atoms with Gasteiger partial charge in [0.2, 0.25) is 0 Å². The number of benzene rings is 1. The maximum Gasteiger partial charge on any atom is 0.407 e. The number of carboxylic acid groups (broad SMARTS) is 1. The molecule has 132 valence electrons. The smallest absolute Gasteiger partial charge is 0.407 e. The minimum Gasteiger partial charge on any atom is -0.465 e. The molecule has 0 spiro atoms. The average molecular weight is 379 g/mol. The van der Waals surface area contributed by atoms with E-state index in [1.807, 2.05) is 30.3 Å². The molecule has 0 radical (unpaired) electrons. The molecule has 5 nitrogen and oxygen atoms in total. The van der Waals surface area contributed by atoms with Gasteiger partial charge in [0.15, 0.2) is 0 Å². The van der Waals surface area contributed by atoms with E-state index >= 15 is 0 Å². The van der Waals surface area contributed by atoms with Crippen LogP contribution >= 0.6 is 22.9 Å². The van der Waals surface area contributed by atoms with Gasteiger partial charge in [-0.05, 0) is 36.5 Å². The summed E-state index contributed by atoms with van der Waals surface area (Å²) in [6.45, 7) is 0.980. The lowest BCUT2D eigenvalue weighted by Gasteiger charge is -2.35. The van der Waals surface area contributed by atoms with Crippen LogP contribution in [0.3, 0.4) is 0 Å². The molecule has 0 saturated carbocycles. The highest BCUT2D eigenvalue weighted by Crippen LogP contribution is 2.32. The van der Waals surface area contributed by atoms with Crippen LogP contribution in [0, 0.1) is 5.92 Å². The Labute approximate surface area is 155 Å². The summed E-state index contributed by atoms with van der Waals surface area (Å²) in [5.74, 6) is 0.0452. The Morgan fingerprint density at radius 2 is 1.84 bits per heavy atom. The van der Waals surface area contributed by atoms with Crippen LogP contribution in [0.5, 0.6) is 0 Å². The first-order valence-corrected chi connectivity index (χ1v) is 9.33. The topological polar surface area (TPSA) is 69.6 Å². The number of nitrogens with one attached hydrogen (secondary N) is 1. The monoisotopic (exact) mass is 378 g/mol. The normalized spacial score (nSPS) is 16.4. The van der Waals surface area contributed by atoms with Crippen molar-refractivity contribution < 1.29 is 14.7 Å². The highest BCUT2D eigenvalue weighted by molar-refractivity contribution is 7.18. The summed E-state index contributed by atoms with van der Waals surface area (Å²) in [6, 6.07) is 13.1. The summed E-state index contributed by atoms with van der Waals surface area (Å²) in [7, 11) is 0. The number of halogens is 1. The van der Waals surface area contributed by atoms with Crippen LogP contribution in [-0.4, -0.2) is 35.1 Å². The third-order valence-electron chi connectivity index (χ3n) is 4.52. The Morgan fingerprint density at radius 3 is 2.40 bits per heavy atom. The van der Waals surface area contributed by atoms with Crippen LogP contribution in [0.1, 0.15) is 34.1 Å². The van der Waals surface area contributed by atoms with Gasteiger partial charge in [0.1, 0.15) is 0 Å². The second-order valence-electron chi connectivity index (χ2n) is 6.07. The third kappa shape index (κ3) is 4.32. The molecule has 0 bridgehead atoms. The van der Waals surface area contributed by atoms with Crippen molar-refractivity contribution in [2.24, 2.45) is 5.92 Å². The molecule has 3 rings (SSSR count). The van der Waals surface area contributed by atoms with Gasteiger partial charge in [0.25, 0.3) is 5.91 Å². The van der Waals surface area contributed by atoms with Crippen LogP contribution in [0.25, 0.3) is 0 Å². The molecule has 1 aliphatic rings. The fraction of sp³-hybridized carbons (Fsp3) is 0.333. The number of carbonyl (C=O) groups is 2. The molecular weight excluding hydrogens is 360 g/mol. The number of carbonyl (C=O) groups excluding carboxylic acids is 1. The molecule has 2 amide bonds. The standard InChI is InChI=1S/C18H19ClN2O3S/c19-15-7-6-14(25-15)17(22)20-16(12-4-2-1-3-5-12)13-8-10-21(11-9-13)18(23)24/h1-7,13,16H,8-11H2,(H,20,22)(H,23,24)/t16-/m1/s1. The van der Waals surface area contributed by atoms with E-state index < -0.39 is 6.09 Å². The van der Waals surface area contributed by atoms with Crippen molar-refractivity contribution in [2.45, 2.75) is 18.9 Å². The first kappa shape index (κ1) is 17.8. The molecule has 2 aromatic rings. The first-order valence-electron chi connectivity index (χ1n) is 8.13. The average Bonchev–Trinajstić information content (AvgIpc) is 3.07. The Balaban J connectivity index is 1.77. The van der Waals surface area contributed by atoms with Crippen molar-refractivity contribution >= 4 is 34.9 Å². The second-order valence-corrected chi connectivity index (χ2v) is 7.79. The molecule has 0 unspecified atom stereocenters. The van der Waals surface area contributed by atoms with Crippen LogP contribution in [-0.2, 0) is 0 Å². The van der Waals surface area contributed by atoms with Crippen molar-refractivity contribution in [3.8, 4) is 0 Å². The minimum absolute atomic E-state index is 0.147. The Kier molecular flexibility index (Phi) is 5.60. The Morgan fingerprint density at radius 1 is 1.16 bits per heavy atom. The number of thiophene rings is 1. The van der Waals surface area contributed by atoms with Crippen molar-refractivity contribution in [1.82, 2.24) is 10.2 Å². The Hall–Kier alpha value is -2.05. The third-order valence-corrected chi connectivity index (χ3v) is 5.75. The maximum atomic E-state index is 12.6. The molecule has 2 N–H and O–H groups in total. The van der Waals surface area contributed by atoms with Crippen LogP contribution in [0.4, 0.5) is 4.79 Å². The molecular formula is C18H19ClN2O3S. The zero-order valence-electron chi connectivity index (χ0n) is 13.5. The van der Waals surface area contributed by atoms with Gasteiger partial charge in [0.05, 0.1) is 15.3 Å². The van der Waals surface area contributed by atoms with Gasteiger partial charge >= 0.3 is 6.09 Å². The highest BCUT2D eigenvalue weighted by Gasteiger charge is 2.30. The number of rotatable bonds is 4. The van der Waals surface area contributed by atoms with E-state index in [9.17, 15) is 9.59 Å². The molecule has 0 aliphatic carbocycles. The summed E-state index contributed by atoms with van der Waals surface area (Å²) in [6.07, 6.45) is 0.557. The van der Waals surface area contributed by atoms with Crippen molar-refractivity contribution in [1.29, 1.82) is 0 Å². The van der Waals surface area contributed by atoms with Gasteiger partial charge in [-0.3, -0.25) is 4.79 Å². The Bertz CT molecular complexity index is 742. The van der Waals surface area contributed by atoms with Gasteiger partial charge < -0.3 is 15.3 Å². The molecule has 2 heterocycles. The molecule has 1 saturated heterocycles. The number of hydrogen-bond acceptors (Lipinski definition) is 3. The molecule has 1 atom stereocenters. The van der Waals surface area contributed by atoms with E-state index in [2.05, 4.69) is 5.32 Å². The lowest BCUT2D eigenvalue weighted by atomic mass is 9.85. The molecule has 1 aromatic carbocycles. The van der Waals surface area contributed by atoms with Crippen LogP contribution in [0.15, 0.2) is 42.5 Å². The summed E-state index contributed by atoms with van der Waals surface area (Å²) in [4.78, 5) is 25.7. The number of hydrogen-bond donors (Lipinski definition) is 2.